The minimum atomic E-state index is 0.167. The average molecular weight is 248 g/mol. The van der Waals surface area contributed by atoms with Crippen molar-refractivity contribution in [3.8, 4) is 0 Å². The Morgan fingerprint density at radius 2 is 2.00 bits per heavy atom. The first-order valence-corrected chi connectivity index (χ1v) is 6.71. The summed E-state index contributed by atoms with van der Waals surface area (Å²) in [6.07, 6.45) is 0. The van der Waals surface area contributed by atoms with Crippen molar-refractivity contribution in [2.45, 2.75) is 24.8 Å². The molecule has 1 aromatic carbocycles. The van der Waals surface area contributed by atoms with E-state index < -0.39 is 0 Å². The molecule has 0 amide bonds. The van der Waals surface area contributed by atoms with Crippen LogP contribution < -0.4 is 0 Å². The predicted molar refractivity (Wildman–Crippen MR) is 71.4 cm³/mol. The molecule has 0 aliphatic rings. The van der Waals surface area contributed by atoms with Gasteiger partial charge in [-0.1, -0.05) is 32.0 Å². The largest absolute Gasteiger partial charge is 0.396 e. The SMILES string of the molecule is CC(C)c1nc(SCCO)c2ccccc2n1. The van der Waals surface area contributed by atoms with E-state index in [2.05, 4.69) is 23.8 Å². The number of aliphatic hydroxyl groups is 1. The van der Waals surface area contributed by atoms with Crippen LogP contribution in [0.2, 0.25) is 0 Å². The van der Waals surface area contributed by atoms with Gasteiger partial charge in [-0.2, -0.15) is 0 Å². The smallest absolute Gasteiger partial charge is 0.132 e. The number of aromatic nitrogens is 2. The number of para-hydroxylation sites is 1. The fraction of sp³-hybridized carbons (Fsp3) is 0.385. The van der Waals surface area contributed by atoms with Gasteiger partial charge in [0.15, 0.2) is 0 Å². The van der Waals surface area contributed by atoms with Crippen molar-refractivity contribution < 1.29 is 5.11 Å². The maximum absolute atomic E-state index is 8.91. The first-order chi connectivity index (χ1) is 8.22. The predicted octanol–water partition coefficient (Wildman–Crippen LogP) is 2.84. The van der Waals surface area contributed by atoms with Crippen LogP contribution in [0, 0.1) is 0 Å². The van der Waals surface area contributed by atoms with Gasteiger partial charge in [0.2, 0.25) is 0 Å². The summed E-state index contributed by atoms with van der Waals surface area (Å²) in [6.45, 7) is 4.34. The molecule has 0 spiro atoms. The molecule has 90 valence electrons. The number of rotatable bonds is 4. The molecule has 17 heavy (non-hydrogen) atoms. The van der Waals surface area contributed by atoms with Crippen LogP contribution in [-0.4, -0.2) is 27.4 Å². The van der Waals surface area contributed by atoms with Gasteiger partial charge in [0.05, 0.1) is 12.1 Å². The van der Waals surface area contributed by atoms with Crippen LogP contribution in [0.15, 0.2) is 29.3 Å². The summed E-state index contributed by atoms with van der Waals surface area (Å²) >= 11 is 1.58. The second-order valence-corrected chi connectivity index (χ2v) is 5.21. The molecule has 0 saturated heterocycles. The van der Waals surface area contributed by atoms with Crippen LogP contribution in [0.5, 0.6) is 0 Å². The highest BCUT2D eigenvalue weighted by atomic mass is 32.2. The third-order valence-corrected chi connectivity index (χ3v) is 3.40. The molecule has 1 aromatic heterocycles. The third kappa shape index (κ3) is 2.76. The lowest BCUT2D eigenvalue weighted by Gasteiger charge is -2.09. The molecule has 3 nitrogen and oxygen atoms in total. The molecular weight excluding hydrogens is 232 g/mol. The highest BCUT2D eigenvalue weighted by molar-refractivity contribution is 7.99. The van der Waals surface area contributed by atoms with Crippen molar-refractivity contribution in [2.75, 3.05) is 12.4 Å². The van der Waals surface area contributed by atoms with E-state index in [9.17, 15) is 0 Å². The van der Waals surface area contributed by atoms with Crippen LogP contribution in [0.4, 0.5) is 0 Å². The minimum absolute atomic E-state index is 0.167. The number of aliphatic hydroxyl groups excluding tert-OH is 1. The fourth-order valence-corrected chi connectivity index (χ4v) is 2.35. The zero-order valence-electron chi connectivity index (χ0n) is 10.1. The van der Waals surface area contributed by atoms with Crippen molar-refractivity contribution in [3.63, 3.8) is 0 Å². The van der Waals surface area contributed by atoms with E-state index >= 15 is 0 Å². The van der Waals surface area contributed by atoms with Gasteiger partial charge >= 0.3 is 0 Å². The average Bonchev–Trinajstić information content (AvgIpc) is 2.35. The Kier molecular flexibility index (Phi) is 3.97. The lowest BCUT2D eigenvalue weighted by molar-refractivity contribution is 0.322. The molecule has 0 aliphatic heterocycles. The quantitative estimate of drug-likeness (QED) is 0.667. The van der Waals surface area contributed by atoms with Gasteiger partial charge in [-0.05, 0) is 6.07 Å². The molecule has 1 N–H and O–H groups in total. The number of benzene rings is 1. The number of thioether (sulfide) groups is 1. The van der Waals surface area contributed by atoms with Crippen molar-refractivity contribution in [1.29, 1.82) is 0 Å². The summed E-state index contributed by atoms with van der Waals surface area (Å²) in [5, 5.41) is 10.9. The van der Waals surface area contributed by atoms with E-state index in [1.165, 1.54) is 0 Å². The first-order valence-electron chi connectivity index (χ1n) is 5.72. The maximum Gasteiger partial charge on any atom is 0.132 e. The van der Waals surface area contributed by atoms with Gasteiger partial charge in [-0.15, -0.1) is 11.8 Å². The molecule has 0 saturated carbocycles. The Balaban J connectivity index is 2.52. The fourth-order valence-electron chi connectivity index (χ4n) is 1.58. The van der Waals surface area contributed by atoms with Crippen LogP contribution in [0.25, 0.3) is 10.9 Å². The summed E-state index contributed by atoms with van der Waals surface area (Å²) in [7, 11) is 0. The Hall–Kier alpha value is -1.13. The molecule has 0 bridgehead atoms. The molecule has 0 radical (unpaired) electrons. The monoisotopic (exact) mass is 248 g/mol. The molecule has 0 aliphatic carbocycles. The zero-order valence-corrected chi connectivity index (χ0v) is 10.9. The molecule has 0 fully saturated rings. The molecule has 2 aromatic rings. The number of hydrogen-bond donors (Lipinski definition) is 1. The van der Waals surface area contributed by atoms with E-state index in [-0.39, 0.29) is 6.61 Å². The third-order valence-electron chi connectivity index (χ3n) is 2.43. The highest BCUT2D eigenvalue weighted by Gasteiger charge is 2.09. The van der Waals surface area contributed by atoms with Gasteiger partial charge in [-0.3, -0.25) is 0 Å². The molecule has 0 unspecified atom stereocenters. The van der Waals surface area contributed by atoms with Crippen LogP contribution in [-0.2, 0) is 0 Å². The topological polar surface area (TPSA) is 46.0 Å². The molecular formula is C13H16N2OS. The second kappa shape index (κ2) is 5.47. The normalized spacial score (nSPS) is 11.3. The van der Waals surface area contributed by atoms with Gasteiger partial charge in [0.25, 0.3) is 0 Å². The van der Waals surface area contributed by atoms with Crippen molar-refractivity contribution in [1.82, 2.24) is 9.97 Å². The van der Waals surface area contributed by atoms with Crippen LogP contribution in [0.1, 0.15) is 25.6 Å². The summed E-state index contributed by atoms with van der Waals surface area (Å²) in [4.78, 5) is 9.14. The van der Waals surface area contributed by atoms with E-state index in [1.54, 1.807) is 11.8 Å². The molecule has 0 atom stereocenters. The summed E-state index contributed by atoms with van der Waals surface area (Å²) in [6, 6.07) is 8.01. The highest BCUT2D eigenvalue weighted by Crippen LogP contribution is 2.26. The number of hydrogen-bond acceptors (Lipinski definition) is 4. The molecule has 4 heteroatoms. The first kappa shape index (κ1) is 12.3. The number of nitrogens with zero attached hydrogens (tertiary/aromatic N) is 2. The molecule has 2 rings (SSSR count). The van der Waals surface area contributed by atoms with Gasteiger partial charge in [0, 0.05) is 17.1 Å². The Labute approximate surface area is 105 Å². The zero-order chi connectivity index (χ0) is 12.3. The second-order valence-electron chi connectivity index (χ2n) is 4.13. The van der Waals surface area contributed by atoms with Crippen LogP contribution >= 0.6 is 11.8 Å². The minimum Gasteiger partial charge on any atom is -0.396 e. The van der Waals surface area contributed by atoms with Gasteiger partial charge in [-0.25, -0.2) is 9.97 Å². The summed E-state index contributed by atoms with van der Waals surface area (Å²) in [5.74, 6) is 1.84. The Morgan fingerprint density at radius 3 is 2.71 bits per heavy atom. The summed E-state index contributed by atoms with van der Waals surface area (Å²) < 4.78 is 0. The Morgan fingerprint density at radius 1 is 1.24 bits per heavy atom. The lowest BCUT2D eigenvalue weighted by atomic mass is 10.2. The number of fused-ring (bicyclic) bond motifs is 1. The van der Waals surface area contributed by atoms with Gasteiger partial charge in [0.1, 0.15) is 10.9 Å². The van der Waals surface area contributed by atoms with E-state index in [1.807, 2.05) is 24.3 Å². The molecule has 1 heterocycles. The van der Waals surface area contributed by atoms with Gasteiger partial charge < -0.3 is 5.11 Å². The van der Waals surface area contributed by atoms with Crippen LogP contribution in [0.3, 0.4) is 0 Å². The van der Waals surface area contributed by atoms with Crippen molar-refractivity contribution in [3.05, 3.63) is 30.1 Å². The van der Waals surface area contributed by atoms with E-state index in [0.717, 1.165) is 21.8 Å². The van der Waals surface area contributed by atoms with Crippen molar-refractivity contribution in [2.24, 2.45) is 0 Å². The van der Waals surface area contributed by atoms with E-state index in [0.29, 0.717) is 11.7 Å². The Bertz CT molecular complexity index is 514. The maximum atomic E-state index is 8.91. The summed E-state index contributed by atoms with van der Waals surface area (Å²) in [5.41, 5.74) is 0.978. The lowest BCUT2D eigenvalue weighted by Crippen LogP contribution is -2.00. The van der Waals surface area contributed by atoms with E-state index in [4.69, 9.17) is 5.11 Å². The van der Waals surface area contributed by atoms with Crippen molar-refractivity contribution >= 4 is 22.7 Å². The standard InChI is InChI=1S/C13H16N2OS/c1-9(2)12-14-11-6-4-3-5-10(11)13(15-12)17-8-7-16/h3-6,9,16H,7-8H2,1-2H3.